The molecule has 10 heteroatoms. The van der Waals surface area contributed by atoms with E-state index in [1.165, 1.54) is 29.2 Å². The number of benzene rings is 3. The number of nitrogens with zero attached hydrogens (tertiary/aromatic N) is 4. The molecule has 0 saturated carbocycles. The predicted octanol–water partition coefficient (Wildman–Crippen LogP) is 6.29. The second-order valence-electron chi connectivity index (χ2n) is 8.08. The molecule has 0 bridgehead atoms. The molecule has 0 spiro atoms. The zero-order chi connectivity index (χ0) is 25.1. The number of thioether (sulfide) groups is 1. The number of thiazole rings is 1. The summed E-state index contributed by atoms with van der Waals surface area (Å²) in [6.07, 6.45) is 0. The Balaban J connectivity index is 1.59. The number of non-ortho nitro benzene ring substituents is 1. The van der Waals surface area contributed by atoms with Gasteiger partial charge in [0, 0.05) is 17.9 Å². The van der Waals surface area contributed by atoms with Crippen molar-refractivity contribution in [2.75, 3.05) is 0 Å². The lowest BCUT2D eigenvalue weighted by Gasteiger charge is -2.13. The van der Waals surface area contributed by atoms with Gasteiger partial charge < -0.3 is 4.57 Å². The van der Waals surface area contributed by atoms with Crippen molar-refractivity contribution in [2.24, 2.45) is 0 Å². The third-order valence-electron chi connectivity index (χ3n) is 5.60. The average molecular weight is 533 g/mol. The maximum Gasteiger partial charge on any atom is 0.274 e. The van der Waals surface area contributed by atoms with Gasteiger partial charge in [0.2, 0.25) is 0 Å². The Hall–Kier alpha value is -3.60. The molecule has 0 atom stereocenters. The quantitative estimate of drug-likeness (QED) is 0.0768. The third kappa shape index (κ3) is 5.15. The summed E-state index contributed by atoms with van der Waals surface area (Å²) in [4.78, 5) is 29.4. The SMILES string of the molecule is O=c1c2sc(=S)n(Cc3ccccc3)c2nc(SCc2cccc([N+](=O)[O-])c2)n1Cc1ccccc1. The number of aromatic nitrogens is 3. The topological polar surface area (TPSA) is 83.0 Å². The first kappa shape index (κ1) is 24.1. The summed E-state index contributed by atoms with van der Waals surface area (Å²) < 4.78 is 4.67. The summed E-state index contributed by atoms with van der Waals surface area (Å²) in [5.74, 6) is 0.429. The fraction of sp³-hybridized carbons (Fsp3) is 0.115. The van der Waals surface area contributed by atoms with E-state index >= 15 is 0 Å². The standard InChI is InChI=1S/C26H20N4O3S3/c31-24-22-23(28(26(34)36-22)15-18-8-3-1-4-9-18)27-25(29(24)16-19-10-5-2-6-11-19)35-17-20-12-7-13-21(14-20)30(32)33/h1-14H,15-17H2. The summed E-state index contributed by atoms with van der Waals surface area (Å²) in [5, 5.41) is 11.7. The van der Waals surface area contributed by atoms with Crippen LogP contribution in [0.1, 0.15) is 16.7 Å². The molecule has 0 aliphatic carbocycles. The molecule has 2 aromatic heterocycles. The lowest BCUT2D eigenvalue weighted by atomic mass is 10.2. The van der Waals surface area contributed by atoms with Gasteiger partial charge in [0.1, 0.15) is 4.70 Å². The predicted molar refractivity (Wildman–Crippen MR) is 146 cm³/mol. The summed E-state index contributed by atoms with van der Waals surface area (Å²) in [6, 6.07) is 26.2. The molecule has 180 valence electrons. The number of fused-ring (bicyclic) bond motifs is 1. The van der Waals surface area contributed by atoms with Gasteiger partial charge in [-0.15, -0.1) is 0 Å². The van der Waals surface area contributed by atoms with E-state index in [4.69, 9.17) is 17.2 Å². The lowest BCUT2D eigenvalue weighted by Crippen LogP contribution is -2.24. The van der Waals surface area contributed by atoms with Crippen molar-refractivity contribution >= 4 is 51.4 Å². The molecular formula is C26H20N4O3S3. The highest BCUT2D eigenvalue weighted by Crippen LogP contribution is 2.27. The van der Waals surface area contributed by atoms with Gasteiger partial charge in [0.25, 0.3) is 11.2 Å². The normalized spacial score (nSPS) is 11.1. The third-order valence-corrected chi connectivity index (χ3v) is 8.07. The van der Waals surface area contributed by atoms with E-state index in [-0.39, 0.29) is 11.2 Å². The smallest absolute Gasteiger partial charge is 0.274 e. The van der Waals surface area contributed by atoms with Crippen molar-refractivity contribution in [1.29, 1.82) is 0 Å². The Morgan fingerprint density at radius 2 is 1.50 bits per heavy atom. The Morgan fingerprint density at radius 3 is 2.14 bits per heavy atom. The van der Waals surface area contributed by atoms with Crippen LogP contribution in [0, 0.1) is 14.1 Å². The maximum atomic E-state index is 13.7. The lowest BCUT2D eigenvalue weighted by molar-refractivity contribution is -0.384. The van der Waals surface area contributed by atoms with Gasteiger partial charge in [-0.2, -0.15) is 0 Å². The molecular weight excluding hydrogens is 513 g/mol. The van der Waals surface area contributed by atoms with E-state index in [0.717, 1.165) is 16.7 Å². The molecule has 0 radical (unpaired) electrons. The van der Waals surface area contributed by atoms with E-state index in [1.807, 2.05) is 71.3 Å². The fourth-order valence-electron chi connectivity index (χ4n) is 3.84. The molecule has 5 rings (SSSR count). The van der Waals surface area contributed by atoms with Gasteiger partial charge in [-0.3, -0.25) is 19.5 Å². The van der Waals surface area contributed by atoms with Gasteiger partial charge in [-0.25, -0.2) is 4.98 Å². The van der Waals surface area contributed by atoms with E-state index in [9.17, 15) is 14.9 Å². The molecule has 3 aromatic carbocycles. The molecule has 2 heterocycles. The number of hydrogen-bond acceptors (Lipinski definition) is 7. The Labute approximate surface area is 219 Å². The highest BCUT2D eigenvalue weighted by molar-refractivity contribution is 7.98. The number of nitro benzene ring substituents is 1. The molecule has 5 aromatic rings. The van der Waals surface area contributed by atoms with Crippen LogP contribution in [0.15, 0.2) is 94.9 Å². The van der Waals surface area contributed by atoms with Crippen molar-refractivity contribution in [3.8, 4) is 0 Å². The van der Waals surface area contributed by atoms with Crippen molar-refractivity contribution < 1.29 is 4.92 Å². The minimum atomic E-state index is -0.410. The number of nitro groups is 1. The van der Waals surface area contributed by atoms with Crippen LogP contribution in [0.5, 0.6) is 0 Å². The number of rotatable bonds is 8. The molecule has 0 saturated heterocycles. The van der Waals surface area contributed by atoms with Crippen LogP contribution in [-0.2, 0) is 18.8 Å². The second kappa shape index (κ2) is 10.6. The van der Waals surface area contributed by atoms with E-state index in [2.05, 4.69) is 0 Å². The van der Waals surface area contributed by atoms with E-state index in [0.29, 0.717) is 38.3 Å². The van der Waals surface area contributed by atoms with E-state index in [1.54, 1.807) is 16.7 Å². The van der Waals surface area contributed by atoms with Gasteiger partial charge in [-0.1, -0.05) is 95.9 Å². The van der Waals surface area contributed by atoms with Crippen molar-refractivity contribution in [2.45, 2.75) is 24.0 Å². The second-order valence-corrected chi connectivity index (χ2v) is 10.7. The first-order valence-electron chi connectivity index (χ1n) is 11.1. The summed E-state index contributed by atoms with van der Waals surface area (Å²) >= 11 is 8.29. The summed E-state index contributed by atoms with van der Waals surface area (Å²) in [7, 11) is 0. The van der Waals surface area contributed by atoms with Crippen LogP contribution in [0.4, 0.5) is 5.69 Å². The highest BCUT2D eigenvalue weighted by Gasteiger charge is 2.18. The average Bonchev–Trinajstić information content (AvgIpc) is 3.21. The molecule has 0 N–H and O–H groups in total. The molecule has 7 nitrogen and oxygen atoms in total. The fourth-order valence-corrected chi connectivity index (χ4v) is 6.05. The van der Waals surface area contributed by atoms with Crippen LogP contribution in [0.3, 0.4) is 0 Å². The molecule has 0 amide bonds. The first-order chi connectivity index (χ1) is 17.5. The zero-order valence-corrected chi connectivity index (χ0v) is 21.4. The minimum Gasteiger partial charge on any atom is -0.303 e. The summed E-state index contributed by atoms with van der Waals surface area (Å²) in [5.41, 5.74) is 3.27. The molecule has 0 fully saturated rings. The monoisotopic (exact) mass is 532 g/mol. The molecule has 0 unspecified atom stereocenters. The van der Waals surface area contributed by atoms with Crippen LogP contribution in [-0.4, -0.2) is 19.0 Å². The van der Waals surface area contributed by atoms with Crippen LogP contribution < -0.4 is 5.56 Å². The minimum absolute atomic E-state index is 0.0347. The van der Waals surface area contributed by atoms with Crippen molar-refractivity contribution in [3.63, 3.8) is 0 Å². The van der Waals surface area contributed by atoms with Crippen molar-refractivity contribution in [1.82, 2.24) is 14.1 Å². The van der Waals surface area contributed by atoms with Crippen molar-refractivity contribution in [3.05, 3.63) is 126 Å². The zero-order valence-electron chi connectivity index (χ0n) is 18.9. The molecule has 36 heavy (non-hydrogen) atoms. The van der Waals surface area contributed by atoms with Gasteiger partial charge in [-0.05, 0) is 28.9 Å². The van der Waals surface area contributed by atoms with Crippen LogP contribution in [0.2, 0.25) is 0 Å². The number of hydrogen-bond donors (Lipinski definition) is 0. The van der Waals surface area contributed by atoms with Crippen LogP contribution in [0.25, 0.3) is 10.3 Å². The Morgan fingerprint density at radius 1 is 0.889 bits per heavy atom. The van der Waals surface area contributed by atoms with E-state index < -0.39 is 4.92 Å². The largest absolute Gasteiger partial charge is 0.303 e. The Kier molecular flexibility index (Phi) is 7.08. The van der Waals surface area contributed by atoms with Gasteiger partial charge >= 0.3 is 0 Å². The maximum absolute atomic E-state index is 13.7. The highest BCUT2D eigenvalue weighted by atomic mass is 32.2. The molecule has 0 aliphatic heterocycles. The van der Waals surface area contributed by atoms with Gasteiger partial charge in [0.15, 0.2) is 14.8 Å². The van der Waals surface area contributed by atoms with Crippen LogP contribution >= 0.6 is 35.3 Å². The first-order valence-corrected chi connectivity index (χ1v) is 13.3. The Bertz CT molecular complexity index is 1660. The van der Waals surface area contributed by atoms with Gasteiger partial charge in [0.05, 0.1) is 18.0 Å². The molecule has 0 aliphatic rings. The summed E-state index contributed by atoms with van der Waals surface area (Å²) in [6.45, 7) is 0.882.